The molecule has 170 valence electrons. The molecule has 1 heterocycles. The van der Waals surface area contributed by atoms with E-state index in [1.807, 2.05) is 0 Å². The first kappa shape index (κ1) is 23.4. The Bertz CT molecular complexity index is 1140. The lowest BCUT2D eigenvalue weighted by molar-refractivity contribution is 0.0773. The number of hydrogen-bond acceptors (Lipinski definition) is 6. The summed E-state index contributed by atoms with van der Waals surface area (Å²) in [6.45, 7) is 2.41. The first-order valence-corrected chi connectivity index (χ1v) is 11.4. The normalized spacial score (nSPS) is 11.2. The molecule has 2 aromatic carbocycles. The van der Waals surface area contributed by atoms with Gasteiger partial charge in [-0.15, -0.1) is 0 Å². The number of rotatable bonds is 10. The Hall–Kier alpha value is -3.30. The fraction of sp³-hybridized carbons (Fsp3) is 0.261. The van der Waals surface area contributed by atoms with E-state index in [1.54, 1.807) is 63.5 Å². The van der Waals surface area contributed by atoms with Crippen LogP contribution in [-0.4, -0.2) is 46.5 Å². The summed E-state index contributed by atoms with van der Waals surface area (Å²) in [5, 5.41) is 0. The van der Waals surface area contributed by atoms with Crippen LogP contribution in [0.3, 0.4) is 0 Å². The standard InChI is InChI=1S/C23H26N2O6S/c1-17-6-11-21(32(27,28)24-16-20-5-4-13-30-20)15-22(17)23(26)25(2)12-14-31-19-9-7-18(29-3)8-10-19/h4-11,13,15,24H,12,14,16H2,1-3H3. The minimum atomic E-state index is -3.81. The maximum Gasteiger partial charge on any atom is 0.254 e. The van der Waals surface area contributed by atoms with Crippen LogP contribution in [0.25, 0.3) is 0 Å². The number of sulfonamides is 1. The first-order valence-electron chi connectivity index (χ1n) is 9.95. The summed E-state index contributed by atoms with van der Waals surface area (Å²) < 4.78 is 43.7. The van der Waals surface area contributed by atoms with Crippen LogP contribution in [0.5, 0.6) is 11.5 Å². The van der Waals surface area contributed by atoms with E-state index in [1.165, 1.54) is 23.3 Å². The van der Waals surface area contributed by atoms with E-state index in [9.17, 15) is 13.2 Å². The van der Waals surface area contributed by atoms with E-state index in [4.69, 9.17) is 13.9 Å². The molecule has 9 heteroatoms. The third-order valence-electron chi connectivity index (χ3n) is 4.87. The summed E-state index contributed by atoms with van der Waals surface area (Å²) in [5.41, 5.74) is 1.00. The van der Waals surface area contributed by atoms with Gasteiger partial charge >= 0.3 is 0 Å². The molecular weight excluding hydrogens is 432 g/mol. The van der Waals surface area contributed by atoms with Gasteiger partial charge in [-0.05, 0) is 61.0 Å². The highest BCUT2D eigenvalue weighted by Gasteiger charge is 2.20. The molecule has 0 saturated carbocycles. The fourth-order valence-corrected chi connectivity index (χ4v) is 3.96. The van der Waals surface area contributed by atoms with E-state index in [0.29, 0.717) is 29.2 Å². The highest BCUT2D eigenvalue weighted by molar-refractivity contribution is 7.89. The van der Waals surface area contributed by atoms with E-state index in [0.717, 1.165) is 5.75 Å². The second kappa shape index (κ2) is 10.3. The van der Waals surface area contributed by atoms with Crippen LogP contribution in [0.2, 0.25) is 0 Å². The second-order valence-corrected chi connectivity index (χ2v) is 8.90. The van der Waals surface area contributed by atoms with Gasteiger partial charge in [-0.1, -0.05) is 6.07 Å². The highest BCUT2D eigenvalue weighted by atomic mass is 32.2. The third kappa shape index (κ3) is 5.89. The molecule has 3 aromatic rings. The largest absolute Gasteiger partial charge is 0.497 e. The predicted molar refractivity (Wildman–Crippen MR) is 119 cm³/mol. The number of carbonyl (C=O) groups excluding carboxylic acids is 1. The monoisotopic (exact) mass is 458 g/mol. The molecule has 0 radical (unpaired) electrons. The molecule has 0 atom stereocenters. The van der Waals surface area contributed by atoms with Crippen LogP contribution in [0.15, 0.2) is 70.2 Å². The summed E-state index contributed by atoms with van der Waals surface area (Å²) in [7, 11) is -0.570. The lowest BCUT2D eigenvalue weighted by Crippen LogP contribution is -2.31. The maximum absolute atomic E-state index is 12.9. The van der Waals surface area contributed by atoms with Crippen molar-refractivity contribution in [1.29, 1.82) is 0 Å². The maximum atomic E-state index is 12.9. The van der Waals surface area contributed by atoms with Gasteiger partial charge in [-0.2, -0.15) is 0 Å². The van der Waals surface area contributed by atoms with Gasteiger partial charge in [0.2, 0.25) is 10.0 Å². The first-order chi connectivity index (χ1) is 15.3. The van der Waals surface area contributed by atoms with Crippen LogP contribution in [-0.2, 0) is 16.6 Å². The van der Waals surface area contributed by atoms with Crippen LogP contribution in [0, 0.1) is 6.92 Å². The summed E-state index contributed by atoms with van der Waals surface area (Å²) >= 11 is 0. The predicted octanol–water partition coefficient (Wildman–Crippen LogP) is 3.23. The van der Waals surface area contributed by atoms with Crippen LogP contribution < -0.4 is 14.2 Å². The minimum Gasteiger partial charge on any atom is -0.497 e. The molecule has 8 nitrogen and oxygen atoms in total. The van der Waals surface area contributed by atoms with Crippen molar-refractivity contribution in [3.63, 3.8) is 0 Å². The quantitative estimate of drug-likeness (QED) is 0.501. The Morgan fingerprint density at radius 1 is 1.09 bits per heavy atom. The van der Waals surface area contributed by atoms with Crippen LogP contribution in [0.4, 0.5) is 0 Å². The minimum absolute atomic E-state index is 0.0147. The zero-order valence-electron chi connectivity index (χ0n) is 18.2. The molecule has 0 bridgehead atoms. The average molecular weight is 459 g/mol. The molecular formula is C23H26N2O6S. The Kier molecular flexibility index (Phi) is 7.55. The van der Waals surface area contributed by atoms with Gasteiger partial charge in [0.15, 0.2) is 0 Å². The Balaban J connectivity index is 1.63. The molecule has 0 aliphatic heterocycles. The molecule has 0 fully saturated rings. The zero-order valence-corrected chi connectivity index (χ0v) is 19.0. The number of carbonyl (C=O) groups is 1. The van der Waals surface area contributed by atoms with Crippen molar-refractivity contribution in [1.82, 2.24) is 9.62 Å². The van der Waals surface area contributed by atoms with Crippen molar-refractivity contribution in [3.05, 3.63) is 77.7 Å². The molecule has 1 amide bonds. The molecule has 3 rings (SSSR count). The Labute approximate surface area is 187 Å². The summed E-state index contributed by atoms with van der Waals surface area (Å²) in [5.74, 6) is 1.60. The van der Waals surface area contributed by atoms with Crippen molar-refractivity contribution in [3.8, 4) is 11.5 Å². The van der Waals surface area contributed by atoms with E-state index in [-0.39, 0.29) is 24.0 Å². The van der Waals surface area contributed by atoms with Crippen molar-refractivity contribution in [2.24, 2.45) is 0 Å². The lowest BCUT2D eigenvalue weighted by atomic mass is 10.1. The third-order valence-corrected chi connectivity index (χ3v) is 6.27. The number of amides is 1. The molecule has 0 spiro atoms. The number of hydrogen-bond donors (Lipinski definition) is 1. The van der Waals surface area contributed by atoms with E-state index >= 15 is 0 Å². The number of furan rings is 1. The lowest BCUT2D eigenvalue weighted by Gasteiger charge is -2.19. The Morgan fingerprint density at radius 2 is 1.81 bits per heavy atom. The topological polar surface area (TPSA) is 98.1 Å². The summed E-state index contributed by atoms with van der Waals surface area (Å²) in [6.07, 6.45) is 1.47. The molecule has 0 saturated heterocycles. The number of nitrogens with zero attached hydrogens (tertiary/aromatic N) is 1. The summed E-state index contributed by atoms with van der Waals surface area (Å²) in [6, 6.07) is 15.0. The Morgan fingerprint density at radius 3 is 2.47 bits per heavy atom. The fourth-order valence-electron chi connectivity index (χ4n) is 2.94. The van der Waals surface area contributed by atoms with Gasteiger partial charge in [0.05, 0.1) is 31.4 Å². The van der Waals surface area contributed by atoms with Crippen molar-refractivity contribution < 1.29 is 27.1 Å². The number of ether oxygens (including phenoxy) is 2. The number of aryl methyl sites for hydroxylation is 1. The molecule has 0 aliphatic carbocycles. The zero-order chi connectivity index (χ0) is 23.1. The second-order valence-electron chi connectivity index (χ2n) is 7.13. The molecule has 0 aliphatic rings. The smallest absolute Gasteiger partial charge is 0.254 e. The van der Waals surface area contributed by atoms with Gasteiger partial charge in [0, 0.05) is 12.6 Å². The number of nitrogens with one attached hydrogen (secondary N) is 1. The number of likely N-dealkylation sites (N-methyl/N-ethyl adjacent to an activating group) is 1. The van der Waals surface area contributed by atoms with Gasteiger partial charge in [-0.3, -0.25) is 4.79 Å². The van der Waals surface area contributed by atoms with Gasteiger partial charge in [0.1, 0.15) is 23.9 Å². The van der Waals surface area contributed by atoms with Crippen molar-refractivity contribution in [2.45, 2.75) is 18.4 Å². The van der Waals surface area contributed by atoms with Crippen molar-refractivity contribution >= 4 is 15.9 Å². The SMILES string of the molecule is COc1ccc(OCCN(C)C(=O)c2cc(S(=O)(=O)NCc3ccco3)ccc2C)cc1. The average Bonchev–Trinajstić information content (AvgIpc) is 3.32. The van der Waals surface area contributed by atoms with E-state index < -0.39 is 10.0 Å². The van der Waals surface area contributed by atoms with Gasteiger partial charge in [-0.25, -0.2) is 13.1 Å². The van der Waals surface area contributed by atoms with Crippen LogP contribution in [0.1, 0.15) is 21.7 Å². The molecule has 1 aromatic heterocycles. The number of benzene rings is 2. The van der Waals surface area contributed by atoms with E-state index in [2.05, 4.69) is 4.72 Å². The number of methoxy groups -OCH3 is 1. The molecule has 32 heavy (non-hydrogen) atoms. The summed E-state index contributed by atoms with van der Waals surface area (Å²) in [4.78, 5) is 14.5. The van der Waals surface area contributed by atoms with Gasteiger partial charge in [0.25, 0.3) is 5.91 Å². The van der Waals surface area contributed by atoms with Gasteiger partial charge < -0.3 is 18.8 Å². The molecule has 0 unspecified atom stereocenters. The molecule has 1 N–H and O–H groups in total. The van der Waals surface area contributed by atoms with Crippen molar-refractivity contribution in [2.75, 3.05) is 27.3 Å². The van der Waals surface area contributed by atoms with Crippen LogP contribution >= 0.6 is 0 Å². The highest BCUT2D eigenvalue weighted by Crippen LogP contribution is 2.19.